The van der Waals surface area contributed by atoms with E-state index in [9.17, 15) is 4.39 Å². The van der Waals surface area contributed by atoms with E-state index in [4.69, 9.17) is 11.6 Å². The molecule has 2 nitrogen and oxygen atoms in total. The van der Waals surface area contributed by atoms with E-state index in [2.05, 4.69) is 9.97 Å². The zero-order valence-corrected chi connectivity index (χ0v) is 11.0. The lowest BCUT2D eigenvalue weighted by Crippen LogP contribution is -1.92. The summed E-state index contributed by atoms with van der Waals surface area (Å²) in [6, 6.07) is 4.33. The highest BCUT2D eigenvalue weighted by Gasteiger charge is 2.11. The van der Waals surface area contributed by atoms with Crippen molar-refractivity contribution in [2.45, 2.75) is 6.92 Å². The summed E-state index contributed by atoms with van der Waals surface area (Å²) in [4.78, 5) is 8.66. The lowest BCUT2D eigenvalue weighted by Gasteiger charge is -2.04. The minimum Gasteiger partial charge on any atom is -0.228 e. The number of fused-ring (bicyclic) bond motifs is 1. The lowest BCUT2D eigenvalue weighted by molar-refractivity contribution is 0.629. The SMILES string of the molecule is Cc1cscc1-c1nc(Cl)c2cc(F)ccc2n1. The molecule has 3 aromatic rings. The average Bonchev–Trinajstić information content (AvgIpc) is 2.76. The van der Waals surface area contributed by atoms with Gasteiger partial charge >= 0.3 is 0 Å². The number of aryl methyl sites for hydroxylation is 1. The molecule has 0 aliphatic rings. The first kappa shape index (κ1) is 11.6. The summed E-state index contributed by atoms with van der Waals surface area (Å²) in [6.45, 7) is 2.00. The summed E-state index contributed by atoms with van der Waals surface area (Å²) in [5.74, 6) is 0.241. The molecule has 0 saturated carbocycles. The van der Waals surface area contributed by atoms with Crippen molar-refractivity contribution in [3.05, 3.63) is 45.5 Å². The first-order chi connectivity index (χ1) is 8.65. The Morgan fingerprint density at radius 2 is 2.06 bits per heavy atom. The molecule has 0 bridgehead atoms. The smallest absolute Gasteiger partial charge is 0.162 e. The van der Waals surface area contributed by atoms with Gasteiger partial charge in [0, 0.05) is 16.3 Å². The van der Waals surface area contributed by atoms with Crippen LogP contribution < -0.4 is 0 Å². The molecule has 0 aliphatic heterocycles. The van der Waals surface area contributed by atoms with Gasteiger partial charge in [-0.25, -0.2) is 14.4 Å². The molecule has 0 atom stereocenters. The molecule has 1 aromatic carbocycles. The fourth-order valence-corrected chi connectivity index (χ4v) is 2.83. The Balaban J connectivity index is 2.28. The summed E-state index contributed by atoms with van der Waals surface area (Å²) in [5.41, 5.74) is 2.72. The molecule has 5 heteroatoms. The molecular formula is C13H8ClFN2S. The molecule has 0 spiro atoms. The van der Waals surface area contributed by atoms with Gasteiger partial charge in [0.25, 0.3) is 0 Å². The molecule has 0 saturated heterocycles. The van der Waals surface area contributed by atoms with Gasteiger partial charge < -0.3 is 0 Å². The van der Waals surface area contributed by atoms with Crippen molar-refractivity contribution in [3.8, 4) is 11.4 Å². The Morgan fingerprint density at radius 3 is 2.78 bits per heavy atom. The van der Waals surface area contributed by atoms with E-state index < -0.39 is 0 Å². The molecule has 0 N–H and O–H groups in total. The molecule has 0 aliphatic carbocycles. The number of thiophene rings is 1. The number of benzene rings is 1. The van der Waals surface area contributed by atoms with Crippen molar-refractivity contribution in [2.24, 2.45) is 0 Å². The minimum absolute atomic E-state index is 0.278. The highest BCUT2D eigenvalue weighted by atomic mass is 35.5. The number of aromatic nitrogens is 2. The summed E-state index contributed by atoms with van der Waals surface area (Å²) in [7, 11) is 0. The monoisotopic (exact) mass is 278 g/mol. The van der Waals surface area contributed by atoms with Gasteiger partial charge in [0.2, 0.25) is 0 Å². The van der Waals surface area contributed by atoms with Gasteiger partial charge in [0.15, 0.2) is 5.82 Å². The number of nitrogens with zero attached hydrogens (tertiary/aromatic N) is 2. The fourth-order valence-electron chi connectivity index (χ4n) is 1.77. The van der Waals surface area contributed by atoms with E-state index in [0.717, 1.165) is 11.1 Å². The van der Waals surface area contributed by atoms with Crippen LogP contribution in [0.4, 0.5) is 4.39 Å². The Labute approximate surface area is 112 Å². The molecular weight excluding hydrogens is 271 g/mol. The number of halogens is 2. The molecule has 0 radical (unpaired) electrons. The van der Waals surface area contributed by atoms with E-state index >= 15 is 0 Å². The Bertz CT molecular complexity index is 739. The van der Waals surface area contributed by atoms with Gasteiger partial charge in [-0.2, -0.15) is 11.3 Å². The van der Waals surface area contributed by atoms with Crippen LogP contribution in [0, 0.1) is 12.7 Å². The third-order valence-corrected chi connectivity index (χ3v) is 3.86. The molecule has 18 heavy (non-hydrogen) atoms. The fraction of sp³-hybridized carbons (Fsp3) is 0.0769. The van der Waals surface area contributed by atoms with Crippen LogP contribution in [-0.4, -0.2) is 9.97 Å². The Morgan fingerprint density at radius 1 is 1.22 bits per heavy atom. The largest absolute Gasteiger partial charge is 0.228 e. The third kappa shape index (κ3) is 1.87. The highest BCUT2D eigenvalue weighted by Crippen LogP contribution is 2.28. The molecule has 90 valence electrons. The summed E-state index contributed by atoms with van der Waals surface area (Å²) in [6.07, 6.45) is 0. The standard InChI is InChI=1S/C13H8ClFN2S/c1-7-5-18-6-10(7)13-16-11-3-2-8(15)4-9(11)12(14)17-13/h2-6H,1H3. The third-order valence-electron chi connectivity index (χ3n) is 2.71. The van der Waals surface area contributed by atoms with Gasteiger partial charge in [-0.15, -0.1) is 0 Å². The second-order valence-corrected chi connectivity index (χ2v) is 5.07. The quantitative estimate of drug-likeness (QED) is 0.614. The number of rotatable bonds is 1. The maximum absolute atomic E-state index is 13.1. The molecule has 3 rings (SSSR count). The lowest BCUT2D eigenvalue weighted by atomic mass is 10.2. The van der Waals surface area contributed by atoms with Crippen LogP contribution >= 0.6 is 22.9 Å². The van der Waals surface area contributed by atoms with Crippen LogP contribution in [0.2, 0.25) is 5.15 Å². The summed E-state index contributed by atoms with van der Waals surface area (Å²) < 4.78 is 13.1. The predicted molar refractivity (Wildman–Crippen MR) is 72.6 cm³/mol. The van der Waals surface area contributed by atoms with Crippen LogP contribution in [0.1, 0.15) is 5.56 Å². The second kappa shape index (κ2) is 4.30. The summed E-state index contributed by atoms with van der Waals surface area (Å²) in [5, 5.41) is 4.83. The second-order valence-electron chi connectivity index (χ2n) is 3.97. The van der Waals surface area contributed by atoms with Crippen molar-refractivity contribution in [2.75, 3.05) is 0 Å². The first-order valence-corrected chi connectivity index (χ1v) is 6.63. The van der Waals surface area contributed by atoms with Crippen LogP contribution in [0.5, 0.6) is 0 Å². The summed E-state index contributed by atoms with van der Waals surface area (Å²) >= 11 is 7.68. The first-order valence-electron chi connectivity index (χ1n) is 5.31. The van der Waals surface area contributed by atoms with Gasteiger partial charge in [-0.3, -0.25) is 0 Å². The normalized spacial score (nSPS) is 11.1. The maximum atomic E-state index is 13.1. The van der Waals surface area contributed by atoms with Gasteiger partial charge in [0.1, 0.15) is 11.0 Å². The van der Waals surface area contributed by atoms with Crippen molar-refractivity contribution >= 4 is 33.8 Å². The van der Waals surface area contributed by atoms with E-state index in [1.165, 1.54) is 12.1 Å². The maximum Gasteiger partial charge on any atom is 0.162 e. The van der Waals surface area contributed by atoms with Crippen LogP contribution in [-0.2, 0) is 0 Å². The van der Waals surface area contributed by atoms with E-state index in [1.54, 1.807) is 17.4 Å². The van der Waals surface area contributed by atoms with E-state index in [1.807, 2.05) is 17.7 Å². The molecule has 0 amide bonds. The van der Waals surface area contributed by atoms with Crippen LogP contribution in [0.25, 0.3) is 22.3 Å². The topological polar surface area (TPSA) is 25.8 Å². The zero-order valence-electron chi connectivity index (χ0n) is 9.45. The van der Waals surface area contributed by atoms with E-state index in [0.29, 0.717) is 16.7 Å². The van der Waals surface area contributed by atoms with Crippen molar-refractivity contribution in [3.63, 3.8) is 0 Å². The molecule has 2 aromatic heterocycles. The molecule has 0 unspecified atom stereocenters. The highest BCUT2D eigenvalue weighted by molar-refractivity contribution is 7.08. The predicted octanol–water partition coefficient (Wildman–Crippen LogP) is 4.46. The molecule has 2 heterocycles. The van der Waals surface area contributed by atoms with Gasteiger partial charge in [0.05, 0.1) is 5.52 Å². The minimum atomic E-state index is -0.340. The van der Waals surface area contributed by atoms with Crippen molar-refractivity contribution < 1.29 is 4.39 Å². The van der Waals surface area contributed by atoms with Crippen LogP contribution in [0.15, 0.2) is 29.0 Å². The van der Waals surface area contributed by atoms with E-state index in [-0.39, 0.29) is 11.0 Å². The van der Waals surface area contributed by atoms with Gasteiger partial charge in [-0.05, 0) is 36.1 Å². The average molecular weight is 279 g/mol. The van der Waals surface area contributed by atoms with Crippen molar-refractivity contribution in [1.29, 1.82) is 0 Å². The Hall–Kier alpha value is -1.52. The van der Waals surface area contributed by atoms with Gasteiger partial charge in [-0.1, -0.05) is 11.6 Å². The number of hydrogen-bond donors (Lipinski definition) is 0. The Kier molecular flexibility index (Phi) is 2.76. The van der Waals surface area contributed by atoms with Crippen LogP contribution in [0.3, 0.4) is 0 Å². The number of hydrogen-bond acceptors (Lipinski definition) is 3. The molecule has 0 fully saturated rings. The zero-order chi connectivity index (χ0) is 12.7. The van der Waals surface area contributed by atoms with Crippen molar-refractivity contribution in [1.82, 2.24) is 9.97 Å².